The molecule has 0 spiro atoms. The van der Waals surface area contributed by atoms with E-state index in [2.05, 4.69) is 15.0 Å². The quantitative estimate of drug-likeness (QED) is 0.764. The highest BCUT2D eigenvalue weighted by Crippen LogP contribution is 2.25. The second-order valence-electron chi connectivity index (χ2n) is 4.66. The highest BCUT2D eigenvalue weighted by molar-refractivity contribution is 5.90. The second-order valence-corrected chi connectivity index (χ2v) is 4.66. The van der Waals surface area contributed by atoms with Gasteiger partial charge >= 0.3 is 5.97 Å². The Morgan fingerprint density at radius 1 is 1.25 bits per heavy atom. The van der Waals surface area contributed by atoms with Gasteiger partial charge in [-0.25, -0.2) is 9.97 Å². The Kier molecular flexibility index (Phi) is 2.95. The monoisotopic (exact) mass is 267 g/mol. The molecule has 0 saturated heterocycles. The summed E-state index contributed by atoms with van der Waals surface area (Å²) in [4.78, 5) is 22.3. The number of aliphatic carboxylic acids is 1. The molecule has 0 aliphatic heterocycles. The number of nitrogens with one attached hydrogen (secondary N) is 1. The summed E-state index contributed by atoms with van der Waals surface area (Å²) in [6.07, 6.45) is 5.33. The lowest BCUT2D eigenvalue weighted by Gasteiger charge is -2.02. The van der Waals surface area contributed by atoms with Crippen LogP contribution < -0.4 is 0 Å². The molecule has 1 aromatic carbocycles. The summed E-state index contributed by atoms with van der Waals surface area (Å²) in [5, 5.41) is 9.81. The Bertz CT molecular complexity index is 775. The molecule has 2 heterocycles. The Morgan fingerprint density at radius 3 is 2.70 bits per heavy atom. The van der Waals surface area contributed by atoms with E-state index in [1.54, 1.807) is 18.6 Å². The Labute approximate surface area is 115 Å². The fourth-order valence-corrected chi connectivity index (χ4v) is 2.22. The minimum absolute atomic E-state index is 0.0208. The maximum absolute atomic E-state index is 10.8. The summed E-state index contributed by atoms with van der Waals surface area (Å²) in [5.41, 5.74) is 3.65. The average Bonchev–Trinajstić information content (AvgIpc) is 2.81. The number of hydrogen-bond acceptors (Lipinski definition) is 3. The zero-order valence-electron chi connectivity index (χ0n) is 10.9. The van der Waals surface area contributed by atoms with Gasteiger partial charge in [-0.15, -0.1) is 0 Å². The van der Waals surface area contributed by atoms with Crippen LogP contribution in [0.25, 0.3) is 22.0 Å². The number of nitrogens with zero attached hydrogens (tertiary/aromatic N) is 2. The van der Waals surface area contributed by atoms with Crippen molar-refractivity contribution in [1.29, 1.82) is 0 Å². The van der Waals surface area contributed by atoms with E-state index in [1.807, 2.05) is 25.1 Å². The molecule has 3 aromatic rings. The predicted molar refractivity (Wildman–Crippen MR) is 75.4 cm³/mol. The van der Waals surface area contributed by atoms with Gasteiger partial charge in [0.05, 0.1) is 6.42 Å². The van der Waals surface area contributed by atoms with Crippen molar-refractivity contribution in [3.8, 4) is 11.1 Å². The highest BCUT2D eigenvalue weighted by atomic mass is 16.4. The van der Waals surface area contributed by atoms with Crippen LogP contribution in [0.15, 0.2) is 36.8 Å². The van der Waals surface area contributed by atoms with Gasteiger partial charge in [0.2, 0.25) is 0 Å². The van der Waals surface area contributed by atoms with E-state index in [0.717, 1.165) is 33.4 Å². The van der Waals surface area contributed by atoms with Gasteiger partial charge in [-0.1, -0.05) is 12.1 Å². The van der Waals surface area contributed by atoms with E-state index in [-0.39, 0.29) is 6.42 Å². The third-order valence-electron chi connectivity index (χ3n) is 3.22. The smallest absolute Gasteiger partial charge is 0.307 e. The van der Waals surface area contributed by atoms with Gasteiger partial charge in [-0.05, 0) is 24.1 Å². The van der Waals surface area contributed by atoms with Crippen molar-refractivity contribution in [3.63, 3.8) is 0 Å². The van der Waals surface area contributed by atoms with Crippen molar-refractivity contribution in [2.24, 2.45) is 0 Å². The van der Waals surface area contributed by atoms with E-state index in [9.17, 15) is 4.79 Å². The molecular formula is C15H13N3O2. The molecule has 0 unspecified atom stereocenters. The van der Waals surface area contributed by atoms with Crippen molar-refractivity contribution >= 4 is 16.9 Å². The van der Waals surface area contributed by atoms with Crippen LogP contribution in [-0.2, 0) is 11.2 Å². The van der Waals surface area contributed by atoms with Crippen LogP contribution in [0.5, 0.6) is 0 Å². The lowest BCUT2D eigenvalue weighted by molar-refractivity contribution is -0.136. The number of fused-ring (bicyclic) bond motifs is 1. The van der Waals surface area contributed by atoms with Crippen LogP contribution in [0.1, 0.15) is 11.4 Å². The Morgan fingerprint density at radius 2 is 2.00 bits per heavy atom. The first-order valence-corrected chi connectivity index (χ1v) is 6.24. The summed E-state index contributed by atoms with van der Waals surface area (Å²) in [6, 6.07) is 5.86. The molecule has 100 valence electrons. The van der Waals surface area contributed by atoms with Gasteiger partial charge in [0.25, 0.3) is 0 Å². The number of aryl methyl sites for hydroxylation is 1. The highest BCUT2D eigenvalue weighted by Gasteiger charge is 2.08. The van der Waals surface area contributed by atoms with Crippen LogP contribution in [0.4, 0.5) is 0 Å². The summed E-state index contributed by atoms with van der Waals surface area (Å²) in [5.74, 6) is -0.0969. The summed E-state index contributed by atoms with van der Waals surface area (Å²) in [6.45, 7) is 1.84. The lowest BCUT2D eigenvalue weighted by Crippen LogP contribution is -1.98. The third kappa shape index (κ3) is 2.25. The van der Waals surface area contributed by atoms with Gasteiger partial charge in [-0.2, -0.15) is 0 Å². The van der Waals surface area contributed by atoms with Crippen molar-refractivity contribution in [2.45, 2.75) is 13.3 Å². The number of benzene rings is 1. The lowest BCUT2D eigenvalue weighted by atomic mass is 10.0. The van der Waals surface area contributed by atoms with E-state index in [0.29, 0.717) is 0 Å². The van der Waals surface area contributed by atoms with Crippen molar-refractivity contribution in [3.05, 3.63) is 48.2 Å². The van der Waals surface area contributed by atoms with Crippen LogP contribution in [0.3, 0.4) is 0 Å². The van der Waals surface area contributed by atoms with Crippen LogP contribution in [0.2, 0.25) is 0 Å². The number of rotatable bonds is 3. The minimum Gasteiger partial charge on any atom is -0.481 e. The van der Waals surface area contributed by atoms with Gasteiger partial charge in [0.1, 0.15) is 5.82 Å². The van der Waals surface area contributed by atoms with E-state index >= 15 is 0 Å². The number of H-pyrrole nitrogens is 1. The van der Waals surface area contributed by atoms with Crippen molar-refractivity contribution in [2.75, 3.05) is 0 Å². The average molecular weight is 267 g/mol. The van der Waals surface area contributed by atoms with Gasteiger partial charge in [0, 0.05) is 35.1 Å². The first kappa shape index (κ1) is 12.3. The fraction of sp³-hybridized carbons (Fsp3) is 0.133. The van der Waals surface area contributed by atoms with E-state index in [1.165, 1.54) is 0 Å². The molecule has 20 heavy (non-hydrogen) atoms. The Balaban J connectivity index is 2.03. The summed E-state index contributed by atoms with van der Waals surface area (Å²) in [7, 11) is 0. The SMILES string of the molecule is Cc1ncc(-c2ccc3c(CC(=O)O)c[nH]c3c2)cn1. The molecule has 0 radical (unpaired) electrons. The van der Waals surface area contributed by atoms with E-state index < -0.39 is 5.97 Å². The molecule has 2 aromatic heterocycles. The molecule has 3 rings (SSSR count). The largest absolute Gasteiger partial charge is 0.481 e. The van der Waals surface area contributed by atoms with Gasteiger partial charge in [0.15, 0.2) is 0 Å². The molecule has 0 aliphatic carbocycles. The fourth-order valence-electron chi connectivity index (χ4n) is 2.22. The van der Waals surface area contributed by atoms with E-state index in [4.69, 9.17) is 5.11 Å². The molecule has 5 heteroatoms. The van der Waals surface area contributed by atoms with Crippen LogP contribution >= 0.6 is 0 Å². The molecular weight excluding hydrogens is 254 g/mol. The first-order chi connectivity index (χ1) is 9.63. The van der Waals surface area contributed by atoms with Crippen LogP contribution in [0, 0.1) is 6.92 Å². The van der Waals surface area contributed by atoms with Crippen LogP contribution in [-0.4, -0.2) is 26.0 Å². The number of aromatic nitrogens is 3. The number of carbonyl (C=O) groups is 1. The second kappa shape index (κ2) is 4.77. The first-order valence-electron chi connectivity index (χ1n) is 6.24. The molecule has 5 nitrogen and oxygen atoms in total. The zero-order chi connectivity index (χ0) is 14.1. The number of hydrogen-bond donors (Lipinski definition) is 2. The molecule has 2 N–H and O–H groups in total. The van der Waals surface area contributed by atoms with Gasteiger partial charge < -0.3 is 10.1 Å². The number of carboxylic acid groups (broad SMARTS) is 1. The standard InChI is InChI=1S/C15H13N3O2/c1-9-16-7-12(8-17-9)10-2-3-13-11(5-15(19)20)6-18-14(13)4-10/h2-4,6-8,18H,5H2,1H3,(H,19,20). The Hall–Kier alpha value is -2.69. The van der Waals surface area contributed by atoms with Crippen molar-refractivity contribution in [1.82, 2.24) is 15.0 Å². The third-order valence-corrected chi connectivity index (χ3v) is 3.22. The zero-order valence-corrected chi connectivity index (χ0v) is 10.9. The van der Waals surface area contributed by atoms with Gasteiger partial charge in [-0.3, -0.25) is 4.79 Å². The maximum Gasteiger partial charge on any atom is 0.307 e. The molecule has 0 atom stereocenters. The summed E-state index contributed by atoms with van der Waals surface area (Å²) < 4.78 is 0. The normalized spacial score (nSPS) is 10.8. The summed E-state index contributed by atoms with van der Waals surface area (Å²) >= 11 is 0. The number of aromatic amines is 1. The maximum atomic E-state index is 10.8. The van der Waals surface area contributed by atoms with Crippen molar-refractivity contribution < 1.29 is 9.90 Å². The predicted octanol–water partition coefficient (Wildman–Crippen LogP) is 2.56. The molecule has 0 bridgehead atoms. The minimum atomic E-state index is -0.832. The number of carboxylic acids is 1. The molecule has 0 aliphatic rings. The molecule has 0 fully saturated rings. The molecule has 0 amide bonds. The topological polar surface area (TPSA) is 78.9 Å². The molecule has 0 saturated carbocycles.